The monoisotopic (exact) mass is 550 g/mol. The van der Waals surface area contributed by atoms with Crippen LogP contribution in [-0.2, 0) is 19.2 Å². The topological polar surface area (TPSA) is 125 Å². The number of fused-ring (bicyclic) bond motifs is 5. The standard InChI is InChI=1S/C32H42N2O6/c1-19(35)24-11-12-25-23-10-9-21-17-22(13-15-31(21,2)26(23)14-16-32(24,25)3)34-40-18-27(36)33-28(30(38)39)29(37)20-7-5-4-6-8-20/h4-8,17,23-26,28-29,37H,9-16,18H2,1-3H3,(H,33,36)(H,38,39). The minimum atomic E-state index is -1.50. The van der Waals surface area contributed by atoms with E-state index in [0.717, 1.165) is 50.7 Å². The number of carboxylic acid groups (broad SMARTS) is 1. The van der Waals surface area contributed by atoms with Crippen molar-refractivity contribution in [1.82, 2.24) is 5.32 Å². The highest BCUT2D eigenvalue weighted by Gasteiger charge is 2.59. The van der Waals surface area contributed by atoms with Crippen molar-refractivity contribution in [2.75, 3.05) is 6.61 Å². The second kappa shape index (κ2) is 11.1. The fourth-order valence-electron chi connectivity index (χ4n) is 8.82. The molecule has 0 bridgehead atoms. The van der Waals surface area contributed by atoms with E-state index in [2.05, 4.69) is 30.4 Å². The Morgan fingerprint density at radius 2 is 1.80 bits per heavy atom. The van der Waals surface area contributed by atoms with Gasteiger partial charge in [-0.15, -0.1) is 0 Å². The first-order valence-electron chi connectivity index (χ1n) is 14.7. The normalized spacial score (nSPS) is 35.4. The van der Waals surface area contributed by atoms with Gasteiger partial charge in [0.05, 0.1) is 5.71 Å². The first-order valence-corrected chi connectivity index (χ1v) is 14.7. The van der Waals surface area contributed by atoms with Gasteiger partial charge in [0.1, 0.15) is 11.9 Å². The Kier molecular flexibility index (Phi) is 7.92. The molecule has 5 rings (SSSR count). The van der Waals surface area contributed by atoms with E-state index in [4.69, 9.17) is 4.84 Å². The third kappa shape index (κ3) is 5.11. The van der Waals surface area contributed by atoms with E-state index < -0.39 is 30.6 Å². The van der Waals surface area contributed by atoms with E-state index in [0.29, 0.717) is 29.1 Å². The van der Waals surface area contributed by atoms with Crippen molar-refractivity contribution in [2.24, 2.45) is 39.7 Å². The largest absolute Gasteiger partial charge is 0.480 e. The number of nitrogens with zero attached hydrogens (tertiary/aromatic N) is 1. The van der Waals surface area contributed by atoms with Crippen LogP contribution >= 0.6 is 0 Å². The summed E-state index contributed by atoms with van der Waals surface area (Å²) in [4.78, 5) is 41.9. The summed E-state index contributed by atoms with van der Waals surface area (Å²) in [6.45, 7) is 6.13. The van der Waals surface area contributed by atoms with Gasteiger partial charge in [0.2, 0.25) is 0 Å². The molecule has 0 saturated heterocycles. The Hall–Kier alpha value is -3.00. The van der Waals surface area contributed by atoms with Crippen molar-refractivity contribution < 1.29 is 29.4 Å². The molecular weight excluding hydrogens is 508 g/mol. The van der Waals surface area contributed by atoms with Gasteiger partial charge in [-0.05, 0) is 98.5 Å². The number of aliphatic carboxylic acids is 1. The van der Waals surface area contributed by atoms with Crippen LogP contribution in [0.1, 0.15) is 83.8 Å². The molecule has 0 aromatic heterocycles. The average molecular weight is 551 g/mol. The number of hydrogen-bond acceptors (Lipinski definition) is 6. The second-order valence-corrected chi connectivity index (χ2v) is 12.9. The number of aliphatic hydroxyl groups excluding tert-OH is 1. The molecule has 8 nitrogen and oxygen atoms in total. The lowest BCUT2D eigenvalue weighted by atomic mass is 9.46. The fourth-order valence-corrected chi connectivity index (χ4v) is 8.82. The van der Waals surface area contributed by atoms with Crippen molar-refractivity contribution in [3.05, 3.63) is 47.5 Å². The van der Waals surface area contributed by atoms with Gasteiger partial charge in [-0.25, -0.2) is 4.79 Å². The quantitative estimate of drug-likeness (QED) is 0.398. The van der Waals surface area contributed by atoms with E-state index >= 15 is 0 Å². The second-order valence-electron chi connectivity index (χ2n) is 12.9. The van der Waals surface area contributed by atoms with Crippen LogP contribution in [0.3, 0.4) is 0 Å². The van der Waals surface area contributed by atoms with Gasteiger partial charge in [-0.1, -0.05) is 54.9 Å². The molecule has 1 amide bonds. The lowest BCUT2D eigenvalue weighted by Gasteiger charge is -2.58. The van der Waals surface area contributed by atoms with Crippen molar-refractivity contribution in [3.63, 3.8) is 0 Å². The summed E-state index contributed by atoms with van der Waals surface area (Å²) in [5.41, 5.74) is 2.88. The van der Waals surface area contributed by atoms with Crippen LogP contribution in [0, 0.1) is 34.5 Å². The van der Waals surface area contributed by atoms with Gasteiger partial charge in [0, 0.05) is 5.92 Å². The summed E-state index contributed by atoms with van der Waals surface area (Å²) >= 11 is 0. The van der Waals surface area contributed by atoms with Gasteiger partial charge in [-0.2, -0.15) is 0 Å². The summed E-state index contributed by atoms with van der Waals surface area (Å²) in [6, 6.07) is 6.86. The first kappa shape index (κ1) is 28.5. The maximum absolute atomic E-state index is 12.4. The molecule has 8 unspecified atom stereocenters. The minimum Gasteiger partial charge on any atom is -0.480 e. The number of rotatable bonds is 8. The van der Waals surface area contributed by atoms with Crippen LogP contribution in [0.4, 0.5) is 0 Å². The average Bonchev–Trinajstić information content (AvgIpc) is 3.29. The van der Waals surface area contributed by atoms with E-state index in [9.17, 15) is 24.6 Å². The zero-order valence-electron chi connectivity index (χ0n) is 23.8. The van der Waals surface area contributed by atoms with E-state index in [-0.39, 0.29) is 16.7 Å². The number of ketones is 1. The van der Waals surface area contributed by atoms with Gasteiger partial charge in [-0.3, -0.25) is 9.59 Å². The van der Waals surface area contributed by atoms with E-state index in [1.54, 1.807) is 37.3 Å². The number of oxime groups is 1. The van der Waals surface area contributed by atoms with Crippen LogP contribution < -0.4 is 5.32 Å². The van der Waals surface area contributed by atoms with Gasteiger partial charge in [0.25, 0.3) is 5.91 Å². The maximum Gasteiger partial charge on any atom is 0.329 e. The molecule has 0 spiro atoms. The number of amides is 1. The zero-order valence-corrected chi connectivity index (χ0v) is 23.8. The Bertz CT molecular complexity index is 1210. The summed E-state index contributed by atoms with van der Waals surface area (Å²) in [7, 11) is 0. The Morgan fingerprint density at radius 3 is 2.50 bits per heavy atom. The summed E-state index contributed by atoms with van der Waals surface area (Å²) in [5, 5.41) is 26.6. The Labute approximate surface area is 236 Å². The molecule has 0 heterocycles. The Balaban J connectivity index is 1.20. The molecule has 3 saturated carbocycles. The summed E-state index contributed by atoms with van der Waals surface area (Å²) < 4.78 is 0. The van der Waals surface area contributed by atoms with Gasteiger partial charge in [0.15, 0.2) is 12.6 Å². The van der Waals surface area contributed by atoms with E-state index in [1.165, 1.54) is 12.0 Å². The van der Waals surface area contributed by atoms with Gasteiger partial charge < -0.3 is 20.4 Å². The number of carboxylic acids is 1. The highest BCUT2D eigenvalue weighted by atomic mass is 16.6. The molecule has 8 heteroatoms. The molecule has 0 radical (unpaired) electrons. The fraction of sp³-hybridized carbons (Fsp3) is 0.625. The predicted molar refractivity (Wildman–Crippen MR) is 150 cm³/mol. The number of carbonyl (C=O) groups excluding carboxylic acids is 2. The van der Waals surface area contributed by atoms with Crippen LogP contribution in [0.15, 0.2) is 47.1 Å². The molecule has 3 N–H and O–H groups in total. The lowest BCUT2D eigenvalue weighted by molar-refractivity contribution is -0.146. The number of aliphatic hydroxyl groups is 1. The number of hydrogen-bond donors (Lipinski definition) is 3. The number of benzene rings is 1. The number of carbonyl (C=O) groups is 3. The molecule has 3 fully saturated rings. The highest BCUT2D eigenvalue weighted by molar-refractivity contribution is 5.96. The molecule has 4 aliphatic carbocycles. The van der Waals surface area contributed by atoms with Crippen molar-refractivity contribution in [3.8, 4) is 0 Å². The molecular formula is C32H42N2O6. The van der Waals surface area contributed by atoms with Crippen LogP contribution in [0.2, 0.25) is 0 Å². The van der Waals surface area contributed by atoms with Crippen molar-refractivity contribution in [2.45, 2.75) is 84.3 Å². The van der Waals surface area contributed by atoms with Crippen LogP contribution in [0.5, 0.6) is 0 Å². The third-order valence-electron chi connectivity index (χ3n) is 10.9. The third-order valence-corrected chi connectivity index (χ3v) is 10.9. The van der Waals surface area contributed by atoms with E-state index in [1.807, 2.05) is 0 Å². The zero-order chi connectivity index (χ0) is 28.7. The molecule has 40 heavy (non-hydrogen) atoms. The summed E-state index contributed by atoms with van der Waals surface area (Å²) in [5.74, 6) is 0.502. The smallest absolute Gasteiger partial charge is 0.329 e. The molecule has 1 aromatic carbocycles. The van der Waals surface area contributed by atoms with Crippen LogP contribution in [-0.4, -0.2) is 46.2 Å². The SMILES string of the molecule is CC(=O)C1CCC2C3CCC4=CC(=NOCC(=O)NC(C(=O)O)C(O)c5ccccc5)CCC4(C)C3CCC12C. The highest BCUT2D eigenvalue weighted by Crippen LogP contribution is 2.66. The summed E-state index contributed by atoms with van der Waals surface area (Å²) in [6.07, 6.45) is 9.17. The van der Waals surface area contributed by atoms with Gasteiger partial charge >= 0.3 is 5.97 Å². The maximum atomic E-state index is 12.4. The minimum absolute atomic E-state index is 0.122. The molecule has 0 aliphatic heterocycles. The van der Waals surface area contributed by atoms with Crippen molar-refractivity contribution in [1.29, 1.82) is 0 Å². The molecule has 216 valence electrons. The van der Waals surface area contributed by atoms with Crippen LogP contribution in [0.25, 0.3) is 0 Å². The lowest BCUT2D eigenvalue weighted by Crippen LogP contribution is -2.51. The number of allylic oxidation sites excluding steroid dienone is 2. The number of Topliss-reactive ketones (excluding diaryl/α,β-unsaturated/α-hetero) is 1. The number of nitrogens with one attached hydrogen (secondary N) is 1. The molecule has 8 atom stereocenters. The molecule has 1 aromatic rings. The first-order chi connectivity index (χ1) is 19.0. The Morgan fingerprint density at radius 1 is 1.05 bits per heavy atom. The molecule has 4 aliphatic rings. The van der Waals surface area contributed by atoms with Crippen molar-refractivity contribution >= 4 is 23.4 Å². The predicted octanol–water partition coefficient (Wildman–Crippen LogP) is 4.83.